The largest absolute Gasteiger partial charge is 0.392 e. The molecule has 0 spiro atoms. The van der Waals surface area contributed by atoms with Gasteiger partial charge in [-0.3, -0.25) is 0 Å². The van der Waals surface area contributed by atoms with E-state index in [-0.39, 0.29) is 0 Å². The molecular weight excluding hydrogens is 294 g/mol. The number of hydrogen-bond donors (Lipinski definition) is 2. The maximum Gasteiger partial charge on any atom is 0.138 e. The first kappa shape index (κ1) is 14.9. The fraction of sp³-hybridized carbons (Fsp3) is 0.294. The number of nitrogens with zero attached hydrogens (tertiary/aromatic N) is 2. The van der Waals surface area contributed by atoms with Gasteiger partial charge in [-0.15, -0.1) is 11.3 Å². The van der Waals surface area contributed by atoms with Gasteiger partial charge < -0.3 is 10.4 Å². The van der Waals surface area contributed by atoms with Crippen molar-refractivity contribution >= 4 is 27.4 Å². The maximum atomic E-state index is 9.50. The van der Waals surface area contributed by atoms with Gasteiger partial charge in [0.05, 0.1) is 11.5 Å². The van der Waals surface area contributed by atoms with E-state index in [2.05, 4.69) is 53.4 Å². The molecule has 0 bridgehead atoms. The van der Waals surface area contributed by atoms with Gasteiger partial charge in [-0.25, -0.2) is 9.97 Å². The molecule has 0 saturated carbocycles. The Labute approximate surface area is 133 Å². The van der Waals surface area contributed by atoms with Crippen molar-refractivity contribution in [2.45, 2.75) is 26.9 Å². The van der Waals surface area contributed by atoms with Crippen LogP contribution in [0.1, 0.15) is 17.4 Å². The van der Waals surface area contributed by atoms with Gasteiger partial charge in [-0.05, 0) is 26.3 Å². The first-order chi connectivity index (χ1) is 10.6. The molecule has 1 unspecified atom stereocenters. The lowest BCUT2D eigenvalue weighted by Gasteiger charge is -2.10. The van der Waals surface area contributed by atoms with Crippen LogP contribution in [0.5, 0.6) is 0 Å². The first-order valence-corrected chi connectivity index (χ1v) is 8.11. The molecule has 0 saturated heterocycles. The van der Waals surface area contributed by atoms with Gasteiger partial charge in [-0.1, -0.05) is 29.8 Å². The van der Waals surface area contributed by atoms with Crippen LogP contribution >= 0.6 is 11.3 Å². The second-order valence-corrected chi connectivity index (χ2v) is 6.73. The van der Waals surface area contributed by atoms with Crippen molar-refractivity contribution in [2.24, 2.45) is 0 Å². The van der Waals surface area contributed by atoms with Crippen molar-refractivity contribution in [2.75, 3.05) is 11.9 Å². The SMILES string of the molecule is Cc1ccc(-c2c(C)sc3ncnc(NCC(C)O)c23)cc1. The highest BCUT2D eigenvalue weighted by Crippen LogP contribution is 2.40. The van der Waals surface area contributed by atoms with Gasteiger partial charge >= 0.3 is 0 Å². The number of thiophene rings is 1. The van der Waals surface area contributed by atoms with E-state index in [9.17, 15) is 5.11 Å². The van der Waals surface area contributed by atoms with Crippen LogP contribution in [0.3, 0.4) is 0 Å². The molecule has 5 heteroatoms. The molecule has 114 valence electrons. The molecule has 0 aliphatic rings. The topological polar surface area (TPSA) is 58.0 Å². The van der Waals surface area contributed by atoms with E-state index >= 15 is 0 Å². The highest BCUT2D eigenvalue weighted by atomic mass is 32.1. The van der Waals surface area contributed by atoms with Crippen LogP contribution in [0.25, 0.3) is 21.3 Å². The monoisotopic (exact) mass is 313 g/mol. The molecule has 2 heterocycles. The summed E-state index contributed by atoms with van der Waals surface area (Å²) in [6.07, 6.45) is 1.15. The molecule has 1 atom stereocenters. The highest BCUT2D eigenvalue weighted by molar-refractivity contribution is 7.19. The molecule has 22 heavy (non-hydrogen) atoms. The summed E-state index contributed by atoms with van der Waals surface area (Å²) in [6.45, 7) is 6.42. The van der Waals surface area contributed by atoms with Gasteiger partial charge in [-0.2, -0.15) is 0 Å². The zero-order valence-electron chi connectivity index (χ0n) is 12.9. The highest BCUT2D eigenvalue weighted by Gasteiger charge is 2.16. The minimum absolute atomic E-state index is 0.424. The van der Waals surface area contributed by atoms with Crippen molar-refractivity contribution in [3.8, 4) is 11.1 Å². The lowest BCUT2D eigenvalue weighted by molar-refractivity contribution is 0.208. The van der Waals surface area contributed by atoms with Crippen LogP contribution in [-0.2, 0) is 0 Å². The Bertz CT molecular complexity index is 794. The van der Waals surface area contributed by atoms with E-state index in [4.69, 9.17) is 0 Å². The van der Waals surface area contributed by atoms with Crippen molar-refractivity contribution < 1.29 is 5.11 Å². The molecule has 0 amide bonds. The van der Waals surface area contributed by atoms with Gasteiger partial charge in [0, 0.05) is 17.0 Å². The van der Waals surface area contributed by atoms with Crippen molar-refractivity contribution in [1.29, 1.82) is 0 Å². The van der Waals surface area contributed by atoms with E-state index in [0.717, 1.165) is 16.0 Å². The molecule has 4 nitrogen and oxygen atoms in total. The molecule has 2 aromatic heterocycles. The molecule has 0 fully saturated rings. The Balaban J connectivity index is 2.16. The van der Waals surface area contributed by atoms with E-state index in [1.54, 1.807) is 24.6 Å². The van der Waals surface area contributed by atoms with E-state index in [1.165, 1.54) is 21.6 Å². The third-order valence-corrected chi connectivity index (χ3v) is 4.58. The summed E-state index contributed by atoms with van der Waals surface area (Å²) in [5, 5.41) is 13.8. The zero-order chi connectivity index (χ0) is 15.7. The second kappa shape index (κ2) is 6.02. The summed E-state index contributed by atoms with van der Waals surface area (Å²) in [6, 6.07) is 8.50. The van der Waals surface area contributed by atoms with Gasteiger partial charge in [0.2, 0.25) is 0 Å². The minimum atomic E-state index is -0.424. The number of aromatic nitrogens is 2. The quantitative estimate of drug-likeness (QED) is 0.770. The molecular formula is C17H19N3OS. The van der Waals surface area contributed by atoms with E-state index < -0.39 is 6.10 Å². The van der Waals surface area contributed by atoms with Gasteiger partial charge in [0.1, 0.15) is 17.0 Å². The predicted octanol–water partition coefficient (Wildman–Crippen LogP) is 3.77. The third-order valence-electron chi connectivity index (χ3n) is 3.57. The first-order valence-electron chi connectivity index (χ1n) is 7.29. The maximum absolute atomic E-state index is 9.50. The van der Waals surface area contributed by atoms with E-state index in [0.29, 0.717) is 6.54 Å². The number of aliphatic hydroxyl groups excluding tert-OH is 1. The fourth-order valence-corrected chi connectivity index (χ4v) is 3.50. The van der Waals surface area contributed by atoms with Crippen LogP contribution in [0, 0.1) is 13.8 Å². The van der Waals surface area contributed by atoms with Gasteiger partial charge in [0.25, 0.3) is 0 Å². The zero-order valence-corrected chi connectivity index (χ0v) is 13.7. The number of fused-ring (bicyclic) bond motifs is 1. The summed E-state index contributed by atoms with van der Waals surface area (Å²) in [7, 11) is 0. The number of aryl methyl sites for hydroxylation is 2. The van der Waals surface area contributed by atoms with Crippen LogP contribution in [0.2, 0.25) is 0 Å². The van der Waals surface area contributed by atoms with Crippen LogP contribution in [0.4, 0.5) is 5.82 Å². The summed E-state index contributed by atoms with van der Waals surface area (Å²) in [4.78, 5) is 11.0. The molecule has 2 N–H and O–H groups in total. The molecule has 0 aliphatic carbocycles. The summed E-state index contributed by atoms with van der Waals surface area (Å²) >= 11 is 1.67. The molecule has 0 aliphatic heterocycles. The predicted molar refractivity (Wildman–Crippen MR) is 92.5 cm³/mol. The number of nitrogens with one attached hydrogen (secondary N) is 1. The Morgan fingerprint density at radius 2 is 1.91 bits per heavy atom. The number of aliphatic hydroxyl groups is 1. The lowest BCUT2D eigenvalue weighted by Crippen LogP contribution is -2.16. The Hall–Kier alpha value is -1.98. The smallest absolute Gasteiger partial charge is 0.138 e. The van der Waals surface area contributed by atoms with Gasteiger partial charge in [0.15, 0.2) is 0 Å². The Morgan fingerprint density at radius 3 is 2.59 bits per heavy atom. The Morgan fingerprint density at radius 1 is 1.18 bits per heavy atom. The summed E-state index contributed by atoms with van der Waals surface area (Å²) in [5.41, 5.74) is 3.59. The van der Waals surface area contributed by atoms with Crippen LogP contribution in [0.15, 0.2) is 30.6 Å². The molecule has 1 aromatic carbocycles. The normalized spacial score (nSPS) is 12.5. The van der Waals surface area contributed by atoms with Crippen molar-refractivity contribution in [3.05, 3.63) is 41.0 Å². The van der Waals surface area contributed by atoms with Crippen LogP contribution in [-0.4, -0.2) is 27.7 Å². The number of benzene rings is 1. The molecule has 3 rings (SSSR count). The summed E-state index contributed by atoms with van der Waals surface area (Å²) in [5.74, 6) is 0.783. The number of anilines is 1. The lowest BCUT2D eigenvalue weighted by atomic mass is 10.0. The number of rotatable bonds is 4. The molecule has 0 radical (unpaired) electrons. The van der Waals surface area contributed by atoms with Crippen molar-refractivity contribution in [1.82, 2.24) is 9.97 Å². The second-order valence-electron chi connectivity index (χ2n) is 5.53. The third kappa shape index (κ3) is 2.82. The average Bonchev–Trinajstić information content (AvgIpc) is 2.82. The summed E-state index contributed by atoms with van der Waals surface area (Å²) < 4.78 is 0. The molecule has 3 aromatic rings. The van der Waals surface area contributed by atoms with E-state index in [1.807, 2.05) is 0 Å². The van der Waals surface area contributed by atoms with Crippen molar-refractivity contribution in [3.63, 3.8) is 0 Å². The number of hydrogen-bond acceptors (Lipinski definition) is 5. The van der Waals surface area contributed by atoms with Crippen LogP contribution < -0.4 is 5.32 Å². The Kier molecular flexibility index (Phi) is 4.09. The standard InChI is InChI=1S/C17H19N3OS/c1-10-4-6-13(7-5-10)14-12(3)22-17-15(14)16(19-9-20-17)18-8-11(2)21/h4-7,9,11,21H,8H2,1-3H3,(H,18,19,20). The average molecular weight is 313 g/mol. The minimum Gasteiger partial charge on any atom is -0.392 e. The fourth-order valence-electron chi connectivity index (χ4n) is 2.49.